The van der Waals surface area contributed by atoms with Crippen LogP contribution in [0.25, 0.3) is 0 Å². The molecule has 0 radical (unpaired) electrons. The first-order chi connectivity index (χ1) is 3.80. The van der Waals surface area contributed by atoms with Crippen LogP contribution in [0.5, 0.6) is 0 Å². The molecular weight excluding hydrogens is 98.1 g/mol. The molecule has 0 amide bonds. The van der Waals surface area contributed by atoms with Gasteiger partial charge < -0.3 is 4.90 Å². The predicted octanol–water partition coefficient (Wildman–Crippen LogP) is 1.14. The third kappa shape index (κ3) is 0.289. The summed E-state index contributed by atoms with van der Waals surface area (Å²) < 4.78 is 0. The maximum Gasteiger partial charge on any atom is 0.0898 e. The van der Waals surface area contributed by atoms with Crippen molar-refractivity contribution < 1.29 is 0 Å². The number of rotatable bonds is 0. The number of allylic oxidation sites excluding steroid dienone is 2. The fourth-order valence-electron chi connectivity index (χ4n) is 1.36. The van der Waals surface area contributed by atoms with Crippen molar-refractivity contribution in [2.24, 2.45) is 0 Å². The number of hydrogen-bond acceptors (Lipinski definition) is 1. The molecule has 0 N–H and O–H groups in total. The van der Waals surface area contributed by atoms with E-state index in [4.69, 9.17) is 0 Å². The zero-order chi connectivity index (χ0) is 5.72. The summed E-state index contributed by atoms with van der Waals surface area (Å²) in [6, 6.07) is 0.704. The van der Waals surface area contributed by atoms with Gasteiger partial charge in [-0.05, 0) is 18.6 Å². The molecule has 1 fully saturated rings. The van der Waals surface area contributed by atoms with Crippen molar-refractivity contribution in [2.45, 2.75) is 13.0 Å². The Labute approximate surface area is 49.3 Å². The van der Waals surface area contributed by atoms with E-state index in [0.717, 1.165) is 0 Å². The van der Waals surface area contributed by atoms with Crippen LogP contribution in [-0.4, -0.2) is 18.0 Å². The molecule has 1 saturated heterocycles. The van der Waals surface area contributed by atoms with Gasteiger partial charge in [0.1, 0.15) is 0 Å². The summed E-state index contributed by atoms with van der Waals surface area (Å²) in [7, 11) is 2.13. The van der Waals surface area contributed by atoms with Gasteiger partial charge in [0.2, 0.25) is 0 Å². The second-order valence-corrected chi connectivity index (χ2v) is 2.52. The Morgan fingerprint density at radius 1 is 1.50 bits per heavy atom. The van der Waals surface area contributed by atoms with Gasteiger partial charge >= 0.3 is 0 Å². The number of nitrogens with zero attached hydrogens (tertiary/aromatic N) is 1. The normalized spacial score (nSPS) is 31.8. The lowest BCUT2D eigenvalue weighted by atomic mass is 10.3. The molecule has 0 aromatic heterocycles. The fourth-order valence-corrected chi connectivity index (χ4v) is 1.36. The summed E-state index contributed by atoms with van der Waals surface area (Å²) >= 11 is 0. The first-order valence-corrected chi connectivity index (χ1v) is 2.92. The summed E-state index contributed by atoms with van der Waals surface area (Å²) in [5, 5.41) is 0. The quantitative estimate of drug-likeness (QED) is 0.419. The zero-order valence-corrected chi connectivity index (χ0v) is 5.18. The van der Waals surface area contributed by atoms with Gasteiger partial charge in [0.15, 0.2) is 0 Å². The molecule has 1 heteroatoms. The minimum atomic E-state index is 0.704. The van der Waals surface area contributed by atoms with Crippen molar-refractivity contribution in [3.8, 4) is 0 Å². The third-order valence-corrected chi connectivity index (χ3v) is 1.96. The van der Waals surface area contributed by atoms with E-state index in [1.54, 1.807) is 0 Å². The number of likely N-dealkylation sites (N-methyl/N-ethyl adjacent to an activating group) is 1. The fraction of sp³-hybridized carbons (Fsp3) is 0.429. The number of hydrogen-bond donors (Lipinski definition) is 0. The van der Waals surface area contributed by atoms with Crippen LogP contribution in [0.3, 0.4) is 0 Å². The van der Waals surface area contributed by atoms with Crippen molar-refractivity contribution in [1.82, 2.24) is 4.90 Å². The van der Waals surface area contributed by atoms with Crippen LogP contribution in [0.4, 0.5) is 0 Å². The van der Waals surface area contributed by atoms with Gasteiger partial charge in [0.05, 0.1) is 6.04 Å². The van der Waals surface area contributed by atoms with Gasteiger partial charge in [0, 0.05) is 12.7 Å². The lowest BCUT2D eigenvalue weighted by Crippen LogP contribution is -1.94. The van der Waals surface area contributed by atoms with E-state index in [2.05, 4.69) is 31.0 Å². The summed E-state index contributed by atoms with van der Waals surface area (Å²) in [5.74, 6) is 0. The summed E-state index contributed by atoms with van der Waals surface area (Å²) in [6.45, 7) is 2.18. The molecule has 1 aliphatic heterocycles. The Bertz CT molecular complexity index is 187. The minimum Gasteiger partial charge on any atom is -0.364 e. The molecule has 42 valence electrons. The van der Waals surface area contributed by atoms with Gasteiger partial charge in [-0.3, -0.25) is 0 Å². The van der Waals surface area contributed by atoms with E-state index in [1.165, 1.54) is 11.3 Å². The highest BCUT2D eigenvalue weighted by molar-refractivity contribution is 5.47. The summed E-state index contributed by atoms with van der Waals surface area (Å²) in [4.78, 5) is 2.29. The van der Waals surface area contributed by atoms with Crippen LogP contribution in [0.1, 0.15) is 6.92 Å². The average Bonchev–Trinajstić information content (AvgIpc) is 2.13. The van der Waals surface area contributed by atoms with E-state index in [1.807, 2.05) is 0 Å². The van der Waals surface area contributed by atoms with Crippen LogP contribution in [-0.2, 0) is 0 Å². The van der Waals surface area contributed by atoms with Gasteiger partial charge in [-0.25, -0.2) is 0 Å². The van der Waals surface area contributed by atoms with Crippen molar-refractivity contribution in [3.63, 3.8) is 0 Å². The maximum absolute atomic E-state index is 2.29. The molecule has 0 aromatic carbocycles. The molecule has 1 aliphatic carbocycles. The standard InChI is InChI=1S/C7H9N/c1-5-3-4-6-7(5)8(6)2/h3-4,7H,1-2H3. The molecule has 0 bridgehead atoms. The second-order valence-electron chi connectivity index (χ2n) is 2.52. The molecule has 1 unspecified atom stereocenters. The monoisotopic (exact) mass is 107 g/mol. The molecule has 1 atom stereocenters. The Hall–Kier alpha value is -0.720. The summed E-state index contributed by atoms with van der Waals surface area (Å²) in [5.41, 5.74) is 2.98. The highest BCUT2D eigenvalue weighted by atomic mass is 15.3. The summed E-state index contributed by atoms with van der Waals surface area (Å²) in [6.07, 6.45) is 4.39. The molecule has 2 aliphatic rings. The molecule has 8 heavy (non-hydrogen) atoms. The zero-order valence-electron chi connectivity index (χ0n) is 5.18. The van der Waals surface area contributed by atoms with Crippen LogP contribution in [0.15, 0.2) is 23.4 Å². The SMILES string of the molecule is CC1=CC=C2C1N2C. The Kier molecular flexibility index (Phi) is 0.520. The highest BCUT2D eigenvalue weighted by Gasteiger charge is 2.40. The predicted molar refractivity (Wildman–Crippen MR) is 33.4 cm³/mol. The Morgan fingerprint density at radius 3 is 2.50 bits per heavy atom. The van der Waals surface area contributed by atoms with Crippen LogP contribution >= 0.6 is 0 Å². The molecule has 2 rings (SSSR count). The lowest BCUT2D eigenvalue weighted by molar-refractivity contribution is 0.660. The van der Waals surface area contributed by atoms with Gasteiger partial charge in [-0.15, -0.1) is 0 Å². The first kappa shape index (κ1) is 4.19. The highest BCUT2D eigenvalue weighted by Crippen LogP contribution is 2.40. The Morgan fingerprint density at radius 2 is 2.25 bits per heavy atom. The van der Waals surface area contributed by atoms with Crippen LogP contribution in [0, 0.1) is 0 Å². The van der Waals surface area contributed by atoms with E-state index < -0.39 is 0 Å². The Balaban J connectivity index is 2.33. The largest absolute Gasteiger partial charge is 0.364 e. The molecular formula is C7H9N. The van der Waals surface area contributed by atoms with Gasteiger partial charge in [0.25, 0.3) is 0 Å². The molecule has 0 saturated carbocycles. The van der Waals surface area contributed by atoms with E-state index in [9.17, 15) is 0 Å². The smallest absolute Gasteiger partial charge is 0.0898 e. The van der Waals surface area contributed by atoms with E-state index >= 15 is 0 Å². The van der Waals surface area contributed by atoms with Gasteiger partial charge in [-0.1, -0.05) is 6.08 Å². The number of fused-ring (bicyclic) bond motifs is 1. The lowest BCUT2D eigenvalue weighted by Gasteiger charge is -1.93. The van der Waals surface area contributed by atoms with E-state index in [-0.39, 0.29) is 0 Å². The second kappa shape index (κ2) is 0.993. The van der Waals surface area contributed by atoms with Crippen LogP contribution in [0.2, 0.25) is 0 Å². The average molecular weight is 107 g/mol. The van der Waals surface area contributed by atoms with Crippen molar-refractivity contribution in [1.29, 1.82) is 0 Å². The van der Waals surface area contributed by atoms with Crippen molar-refractivity contribution in [3.05, 3.63) is 23.4 Å². The van der Waals surface area contributed by atoms with Crippen molar-refractivity contribution in [2.75, 3.05) is 7.05 Å². The maximum atomic E-state index is 2.29. The molecule has 1 heterocycles. The molecule has 0 aromatic rings. The molecule has 1 nitrogen and oxygen atoms in total. The van der Waals surface area contributed by atoms with Crippen LogP contribution < -0.4 is 0 Å². The van der Waals surface area contributed by atoms with E-state index in [0.29, 0.717) is 6.04 Å². The topological polar surface area (TPSA) is 3.01 Å². The van der Waals surface area contributed by atoms with Gasteiger partial charge in [-0.2, -0.15) is 0 Å². The van der Waals surface area contributed by atoms with Crippen molar-refractivity contribution >= 4 is 0 Å². The minimum absolute atomic E-state index is 0.704. The molecule has 0 spiro atoms. The first-order valence-electron chi connectivity index (χ1n) is 2.92. The third-order valence-electron chi connectivity index (χ3n) is 1.96.